The normalized spacial score (nSPS) is 15.7. The molecule has 1 saturated heterocycles. The number of methoxy groups -OCH3 is 2. The number of rotatable bonds is 4. The number of para-hydroxylation sites is 1. The highest BCUT2D eigenvalue weighted by Crippen LogP contribution is 2.29. The van der Waals surface area contributed by atoms with Crippen LogP contribution in [0.4, 0.5) is 10.5 Å². The van der Waals surface area contributed by atoms with E-state index < -0.39 is 17.8 Å². The molecule has 0 aromatic heterocycles. The largest absolute Gasteiger partial charge is 0.497 e. The van der Waals surface area contributed by atoms with Crippen molar-refractivity contribution in [1.29, 1.82) is 0 Å². The highest BCUT2D eigenvalue weighted by molar-refractivity contribution is 6.39. The summed E-state index contributed by atoms with van der Waals surface area (Å²) in [5, 5.41) is 2.21. The van der Waals surface area contributed by atoms with Crippen molar-refractivity contribution >= 4 is 29.6 Å². The topological polar surface area (TPSA) is 84.9 Å². The second-order valence-electron chi connectivity index (χ2n) is 5.85. The number of benzene rings is 2. The Morgan fingerprint density at radius 2 is 1.74 bits per heavy atom. The van der Waals surface area contributed by atoms with E-state index in [9.17, 15) is 14.4 Å². The fraction of sp³-hybridized carbons (Fsp3) is 0.150. The molecule has 1 heterocycles. The van der Waals surface area contributed by atoms with Gasteiger partial charge in [-0.1, -0.05) is 18.2 Å². The third kappa shape index (κ3) is 3.39. The molecule has 1 fully saturated rings. The molecule has 2 aromatic rings. The predicted molar refractivity (Wildman–Crippen MR) is 99.7 cm³/mol. The summed E-state index contributed by atoms with van der Waals surface area (Å²) in [5.74, 6) is -0.468. The number of nitrogens with one attached hydrogen (secondary N) is 1. The lowest BCUT2D eigenvalue weighted by Gasteiger charge is -2.27. The molecule has 0 unspecified atom stereocenters. The number of hydrogen-bond acceptors (Lipinski definition) is 5. The summed E-state index contributed by atoms with van der Waals surface area (Å²) in [6.07, 6.45) is 1.39. The van der Waals surface area contributed by atoms with Gasteiger partial charge < -0.3 is 9.47 Å². The summed E-state index contributed by atoms with van der Waals surface area (Å²) < 4.78 is 10.5. The number of amides is 4. The Hall–Kier alpha value is -3.61. The summed E-state index contributed by atoms with van der Waals surface area (Å²) in [7, 11) is 2.99. The number of urea groups is 1. The van der Waals surface area contributed by atoms with Crippen molar-refractivity contribution in [3.05, 3.63) is 59.2 Å². The van der Waals surface area contributed by atoms with Gasteiger partial charge in [-0.2, -0.15) is 0 Å². The summed E-state index contributed by atoms with van der Waals surface area (Å²) in [6, 6.07) is 11.2. The predicted octanol–water partition coefficient (Wildman–Crippen LogP) is 2.68. The standard InChI is InChI=1S/C20H18N2O5/c1-12-6-4-5-7-16(12)22-19(24)15(18(23)21-20(22)25)11-13-10-14(26-2)8-9-17(13)27-3/h4-11H,1-3H3,(H,21,23,25). The van der Waals surface area contributed by atoms with E-state index >= 15 is 0 Å². The number of anilines is 1. The van der Waals surface area contributed by atoms with Gasteiger partial charge in [0.05, 0.1) is 19.9 Å². The quantitative estimate of drug-likeness (QED) is 0.664. The molecule has 1 aliphatic heterocycles. The average molecular weight is 366 g/mol. The van der Waals surface area contributed by atoms with Crippen molar-refractivity contribution in [2.75, 3.05) is 19.1 Å². The first-order valence-electron chi connectivity index (χ1n) is 8.15. The molecule has 0 aliphatic carbocycles. The van der Waals surface area contributed by atoms with Gasteiger partial charge in [0, 0.05) is 5.56 Å². The molecule has 4 amide bonds. The molecule has 7 nitrogen and oxygen atoms in total. The number of ether oxygens (including phenoxy) is 2. The lowest BCUT2D eigenvalue weighted by atomic mass is 10.0. The van der Waals surface area contributed by atoms with E-state index in [1.807, 2.05) is 0 Å². The minimum Gasteiger partial charge on any atom is -0.497 e. The number of hydrogen-bond donors (Lipinski definition) is 1. The van der Waals surface area contributed by atoms with E-state index in [4.69, 9.17) is 9.47 Å². The minimum atomic E-state index is -0.783. The van der Waals surface area contributed by atoms with Crippen LogP contribution in [0, 0.1) is 6.92 Å². The van der Waals surface area contributed by atoms with E-state index in [-0.39, 0.29) is 5.57 Å². The molecule has 7 heteroatoms. The molecule has 27 heavy (non-hydrogen) atoms. The molecule has 138 valence electrons. The number of imide groups is 2. The maximum Gasteiger partial charge on any atom is 0.335 e. The van der Waals surface area contributed by atoms with Gasteiger partial charge in [0.25, 0.3) is 11.8 Å². The lowest BCUT2D eigenvalue weighted by molar-refractivity contribution is -0.122. The van der Waals surface area contributed by atoms with Crippen LogP contribution in [0.25, 0.3) is 6.08 Å². The number of aryl methyl sites for hydroxylation is 1. The molecule has 1 aliphatic rings. The van der Waals surface area contributed by atoms with Crippen LogP contribution in [0.1, 0.15) is 11.1 Å². The number of carbonyl (C=O) groups is 3. The first-order chi connectivity index (χ1) is 13.0. The lowest BCUT2D eigenvalue weighted by Crippen LogP contribution is -2.54. The fourth-order valence-electron chi connectivity index (χ4n) is 2.80. The SMILES string of the molecule is COc1ccc(OC)c(C=C2C(=O)NC(=O)N(c3ccccc3C)C2=O)c1. The third-order valence-electron chi connectivity index (χ3n) is 4.19. The van der Waals surface area contributed by atoms with E-state index in [0.717, 1.165) is 10.5 Å². The second-order valence-corrected chi connectivity index (χ2v) is 5.85. The van der Waals surface area contributed by atoms with Gasteiger partial charge in [-0.15, -0.1) is 0 Å². The average Bonchev–Trinajstić information content (AvgIpc) is 2.66. The van der Waals surface area contributed by atoms with Gasteiger partial charge in [0.2, 0.25) is 0 Å². The Balaban J connectivity index is 2.09. The molecule has 0 radical (unpaired) electrons. The zero-order valence-corrected chi connectivity index (χ0v) is 15.1. The van der Waals surface area contributed by atoms with E-state index in [2.05, 4.69) is 5.32 Å². The third-order valence-corrected chi connectivity index (χ3v) is 4.19. The van der Waals surface area contributed by atoms with Crippen LogP contribution in [0.5, 0.6) is 11.5 Å². The molecule has 0 atom stereocenters. The monoisotopic (exact) mass is 366 g/mol. The molecular weight excluding hydrogens is 348 g/mol. The highest BCUT2D eigenvalue weighted by Gasteiger charge is 2.37. The highest BCUT2D eigenvalue weighted by atomic mass is 16.5. The molecule has 2 aromatic carbocycles. The zero-order chi connectivity index (χ0) is 19.6. The smallest absolute Gasteiger partial charge is 0.335 e. The van der Waals surface area contributed by atoms with Crippen molar-refractivity contribution in [3.63, 3.8) is 0 Å². The van der Waals surface area contributed by atoms with Gasteiger partial charge in [0.1, 0.15) is 17.1 Å². The number of barbiturate groups is 1. The molecule has 0 spiro atoms. The van der Waals surface area contributed by atoms with Gasteiger partial charge >= 0.3 is 6.03 Å². The molecule has 1 N–H and O–H groups in total. The van der Waals surface area contributed by atoms with Crippen LogP contribution in [0.3, 0.4) is 0 Å². The van der Waals surface area contributed by atoms with Crippen LogP contribution in [0.15, 0.2) is 48.0 Å². The van der Waals surface area contributed by atoms with E-state index in [1.165, 1.54) is 20.3 Å². The van der Waals surface area contributed by atoms with E-state index in [0.29, 0.717) is 22.7 Å². The van der Waals surface area contributed by atoms with Crippen LogP contribution >= 0.6 is 0 Å². The Morgan fingerprint density at radius 1 is 1.00 bits per heavy atom. The van der Waals surface area contributed by atoms with E-state index in [1.54, 1.807) is 49.4 Å². The Kier molecular flexibility index (Phi) is 4.94. The number of carbonyl (C=O) groups excluding carboxylic acids is 3. The van der Waals surface area contributed by atoms with Crippen molar-refractivity contribution < 1.29 is 23.9 Å². The van der Waals surface area contributed by atoms with Crippen molar-refractivity contribution in [2.45, 2.75) is 6.92 Å². The van der Waals surface area contributed by atoms with Gasteiger partial charge in [-0.3, -0.25) is 14.9 Å². The summed E-state index contributed by atoms with van der Waals surface area (Å²) in [5.41, 5.74) is 1.45. The summed E-state index contributed by atoms with van der Waals surface area (Å²) in [4.78, 5) is 38.5. The summed E-state index contributed by atoms with van der Waals surface area (Å²) in [6.45, 7) is 1.78. The molecule has 3 rings (SSSR count). The molecular formula is C20H18N2O5. The Labute approximate surface area is 156 Å². The zero-order valence-electron chi connectivity index (χ0n) is 15.1. The first-order valence-corrected chi connectivity index (χ1v) is 8.15. The first kappa shape index (κ1) is 18.2. The van der Waals surface area contributed by atoms with Crippen molar-refractivity contribution in [3.8, 4) is 11.5 Å². The Bertz CT molecular complexity index is 965. The van der Waals surface area contributed by atoms with Gasteiger partial charge in [0.15, 0.2) is 0 Å². The van der Waals surface area contributed by atoms with Crippen LogP contribution in [-0.2, 0) is 9.59 Å². The van der Waals surface area contributed by atoms with Crippen molar-refractivity contribution in [2.24, 2.45) is 0 Å². The molecule has 0 saturated carbocycles. The van der Waals surface area contributed by atoms with Crippen LogP contribution in [-0.4, -0.2) is 32.1 Å². The summed E-state index contributed by atoms with van der Waals surface area (Å²) >= 11 is 0. The number of nitrogens with zero attached hydrogens (tertiary/aromatic N) is 1. The molecule has 0 bridgehead atoms. The maximum atomic E-state index is 13.0. The fourth-order valence-corrected chi connectivity index (χ4v) is 2.80. The minimum absolute atomic E-state index is 0.176. The maximum absolute atomic E-state index is 13.0. The van der Waals surface area contributed by atoms with Gasteiger partial charge in [-0.25, -0.2) is 9.69 Å². The second kappa shape index (κ2) is 7.33. The van der Waals surface area contributed by atoms with Crippen molar-refractivity contribution in [1.82, 2.24) is 5.32 Å². The van der Waals surface area contributed by atoms with Crippen LogP contribution in [0.2, 0.25) is 0 Å². The van der Waals surface area contributed by atoms with Gasteiger partial charge in [-0.05, 0) is 42.8 Å². The Morgan fingerprint density at radius 3 is 2.41 bits per heavy atom. The van der Waals surface area contributed by atoms with Crippen LogP contribution < -0.4 is 19.7 Å².